The van der Waals surface area contributed by atoms with Crippen LogP contribution in [0.2, 0.25) is 10.0 Å². The van der Waals surface area contributed by atoms with E-state index in [9.17, 15) is 9.59 Å². The fourth-order valence-electron chi connectivity index (χ4n) is 4.56. The number of hydrogen-bond acceptors (Lipinski definition) is 3. The van der Waals surface area contributed by atoms with E-state index in [1.165, 1.54) is 0 Å². The molecule has 2 aromatic carbocycles. The Morgan fingerprint density at radius 3 is 2.51 bits per heavy atom. The minimum Gasteiger partial charge on any atom is -0.492 e. The molecule has 3 amide bonds. The highest BCUT2D eigenvalue weighted by molar-refractivity contribution is 6.42. The minimum atomic E-state index is -0.616. The van der Waals surface area contributed by atoms with E-state index in [2.05, 4.69) is 9.88 Å². The van der Waals surface area contributed by atoms with Crippen molar-refractivity contribution in [2.45, 2.75) is 45.8 Å². The molecule has 196 valence electrons. The SMILES string of the molecule is CCOc1ccccc1NC(=O)N(CC(=O)N1CCn2cccc2C1c1ccc(Cl)c(Cl)c1)C(C)(C)C. The number of amides is 3. The summed E-state index contributed by atoms with van der Waals surface area (Å²) in [6.45, 7) is 9.15. The van der Waals surface area contributed by atoms with Gasteiger partial charge in [-0.05, 0) is 69.7 Å². The van der Waals surface area contributed by atoms with Crippen LogP contribution in [0.25, 0.3) is 0 Å². The van der Waals surface area contributed by atoms with Gasteiger partial charge in [0.25, 0.3) is 0 Å². The maximum Gasteiger partial charge on any atom is 0.322 e. The highest BCUT2D eigenvalue weighted by Crippen LogP contribution is 2.36. The molecule has 0 radical (unpaired) electrons. The lowest BCUT2D eigenvalue weighted by Crippen LogP contribution is -2.54. The van der Waals surface area contributed by atoms with E-state index in [0.29, 0.717) is 41.2 Å². The molecule has 1 N–H and O–H groups in total. The lowest BCUT2D eigenvalue weighted by molar-refractivity contribution is -0.135. The number of ether oxygens (including phenoxy) is 1. The Morgan fingerprint density at radius 2 is 1.81 bits per heavy atom. The maximum atomic E-state index is 13.9. The predicted molar refractivity (Wildman–Crippen MR) is 148 cm³/mol. The molecule has 0 bridgehead atoms. The van der Waals surface area contributed by atoms with Gasteiger partial charge in [0.2, 0.25) is 5.91 Å². The first-order valence-corrected chi connectivity index (χ1v) is 13.1. The average Bonchev–Trinajstić information content (AvgIpc) is 3.33. The second-order valence-corrected chi connectivity index (χ2v) is 10.7. The van der Waals surface area contributed by atoms with Gasteiger partial charge in [-0.1, -0.05) is 41.4 Å². The molecular formula is C28H32Cl2N4O3. The third-order valence-electron chi connectivity index (χ3n) is 6.39. The van der Waals surface area contributed by atoms with Crippen molar-refractivity contribution < 1.29 is 14.3 Å². The van der Waals surface area contributed by atoms with Crippen molar-refractivity contribution in [3.8, 4) is 5.75 Å². The highest BCUT2D eigenvalue weighted by atomic mass is 35.5. The van der Waals surface area contributed by atoms with Crippen LogP contribution in [-0.4, -0.2) is 51.5 Å². The van der Waals surface area contributed by atoms with E-state index < -0.39 is 5.54 Å². The first kappa shape index (κ1) is 26.9. The van der Waals surface area contributed by atoms with E-state index in [0.717, 1.165) is 11.3 Å². The van der Waals surface area contributed by atoms with Crippen LogP contribution in [0.15, 0.2) is 60.8 Å². The summed E-state index contributed by atoms with van der Waals surface area (Å²) < 4.78 is 7.79. The molecule has 0 saturated heterocycles. The fraction of sp³-hybridized carbons (Fsp3) is 0.357. The number of carbonyl (C=O) groups is 2. The molecule has 1 aromatic heterocycles. The fourth-order valence-corrected chi connectivity index (χ4v) is 4.87. The molecular weight excluding hydrogens is 511 g/mol. The molecule has 0 fully saturated rings. The first-order chi connectivity index (χ1) is 17.6. The standard InChI is InChI=1S/C28H32Cl2N4O3/c1-5-37-24-11-7-6-9-22(24)31-27(36)34(28(2,3)4)18-25(35)33-16-15-32-14-8-10-23(32)26(33)19-12-13-20(29)21(30)17-19/h6-14,17,26H,5,15-16,18H2,1-4H3,(H,31,36). The zero-order chi connectivity index (χ0) is 26.7. The molecule has 1 aliphatic rings. The number of halogens is 2. The van der Waals surface area contributed by atoms with Crippen LogP contribution in [0, 0.1) is 0 Å². The van der Waals surface area contributed by atoms with Crippen LogP contribution in [0.1, 0.15) is 45.0 Å². The molecule has 0 aliphatic carbocycles. The molecule has 2 heterocycles. The van der Waals surface area contributed by atoms with Gasteiger partial charge in [-0.15, -0.1) is 0 Å². The number of benzene rings is 2. The zero-order valence-corrected chi connectivity index (χ0v) is 23.0. The second-order valence-electron chi connectivity index (χ2n) is 9.91. The minimum absolute atomic E-state index is 0.0926. The number of fused-ring (bicyclic) bond motifs is 1. The number of anilines is 1. The number of carbonyl (C=O) groups excluding carboxylic acids is 2. The molecule has 4 rings (SSSR count). The van der Waals surface area contributed by atoms with Gasteiger partial charge in [-0.25, -0.2) is 4.79 Å². The smallest absolute Gasteiger partial charge is 0.322 e. The summed E-state index contributed by atoms with van der Waals surface area (Å²) in [5.74, 6) is 0.418. The summed E-state index contributed by atoms with van der Waals surface area (Å²) in [5.41, 5.74) is 1.78. The van der Waals surface area contributed by atoms with Crippen molar-refractivity contribution in [1.29, 1.82) is 0 Å². The Balaban J connectivity index is 1.61. The van der Waals surface area contributed by atoms with Crippen molar-refractivity contribution in [1.82, 2.24) is 14.4 Å². The van der Waals surface area contributed by atoms with E-state index in [1.54, 1.807) is 29.2 Å². The number of para-hydroxylation sites is 2. The number of nitrogens with zero attached hydrogens (tertiary/aromatic N) is 3. The maximum absolute atomic E-state index is 13.9. The van der Waals surface area contributed by atoms with Crippen molar-refractivity contribution in [2.24, 2.45) is 0 Å². The average molecular weight is 543 g/mol. The van der Waals surface area contributed by atoms with Gasteiger partial charge in [0, 0.05) is 30.5 Å². The first-order valence-electron chi connectivity index (χ1n) is 12.3. The zero-order valence-electron chi connectivity index (χ0n) is 21.5. The lowest BCUT2D eigenvalue weighted by atomic mass is 9.99. The lowest BCUT2D eigenvalue weighted by Gasteiger charge is -2.41. The van der Waals surface area contributed by atoms with Gasteiger partial charge in [0.1, 0.15) is 12.3 Å². The van der Waals surface area contributed by atoms with Gasteiger partial charge in [-0.3, -0.25) is 4.79 Å². The summed E-state index contributed by atoms with van der Waals surface area (Å²) >= 11 is 12.5. The van der Waals surface area contributed by atoms with E-state index >= 15 is 0 Å². The number of aromatic nitrogens is 1. The second kappa shape index (κ2) is 11.1. The summed E-state index contributed by atoms with van der Waals surface area (Å²) in [7, 11) is 0. The molecule has 3 aromatic rings. The molecule has 37 heavy (non-hydrogen) atoms. The molecule has 1 aliphatic heterocycles. The normalized spacial score (nSPS) is 15.2. The van der Waals surface area contributed by atoms with Crippen LogP contribution >= 0.6 is 23.2 Å². The molecule has 1 unspecified atom stereocenters. The Kier molecular flexibility index (Phi) is 8.05. The van der Waals surface area contributed by atoms with Crippen molar-refractivity contribution in [2.75, 3.05) is 25.0 Å². The number of urea groups is 1. The van der Waals surface area contributed by atoms with Gasteiger partial charge in [0.05, 0.1) is 28.4 Å². The van der Waals surface area contributed by atoms with Crippen LogP contribution in [-0.2, 0) is 11.3 Å². The third-order valence-corrected chi connectivity index (χ3v) is 7.13. The van der Waals surface area contributed by atoms with Gasteiger partial charge in [-0.2, -0.15) is 0 Å². The van der Waals surface area contributed by atoms with Gasteiger partial charge >= 0.3 is 6.03 Å². The number of hydrogen-bond donors (Lipinski definition) is 1. The van der Waals surface area contributed by atoms with Crippen LogP contribution in [0.3, 0.4) is 0 Å². The number of nitrogens with one attached hydrogen (secondary N) is 1. The van der Waals surface area contributed by atoms with E-state index in [-0.39, 0.29) is 24.5 Å². The molecule has 0 spiro atoms. The highest BCUT2D eigenvalue weighted by Gasteiger charge is 2.36. The van der Waals surface area contributed by atoms with Crippen LogP contribution in [0.5, 0.6) is 5.75 Å². The Bertz CT molecular complexity index is 1280. The molecule has 7 nitrogen and oxygen atoms in total. The molecule has 1 atom stereocenters. The quantitative estimate of drug-likeness (QED) is 0.388. The summed E-state index contributed by atoms with van der Waals surface area (Å²) in [6, 6.07) is 15.9. The summed E-state index contributed by atoms with van der Waals surface area (Å²) in [4.78, 5) is 30.7. The van der Waals surface area contributed by atoms with Crippen LogP contribution in [0.4, 0.5) is 10.5 Å². The number of rotatable bonds is 6. The summed E-state index contributed by atoms with van der Waals surface area (Å²) in [5, 5.41) is 3.82. The predicted octanol–water partition coefficient (Wildman–Crippen LogP) is 6.46. The summed E-state index contributed by atoms with van der Waals surface area (Å²) in [6.07, 6.45) is 2.01. The molecule has 9 heteroatoms. The topological polar surface area (TPSA) is 66.8 Å². The van der Waals surface area contributed by atoms with Crippen molar-refractivity contribution in [3.05, 3.63) is 82.1 Å². The Labute approximate surface area is 227 Å². The van der Waals surface area contributed by atoms with Crippen molar-refractivity contribution in [3.63, 3.8) is 0 Å². The van der Waals surface area contributed by atoms with Gasteiger partial charge in [0.15, 0.2) is 0 Å². The molecule has 0 saturated carbocycles. The van der Waals surface area contributed by atoms with Crippen LogP contribution < -0.4 is 10.1 Å². The Morgan fingerprint density at radius 1 is 1.05 bits per heavy atom. The Hall–Kier alpha value is -3.16. The third kappa shape index (κ3) is 5.89. The van der Waals surface area contributed by atoms with Gasteiger partial charge < -0.3 is 24.4 Å². The monoisotopic (exact) mass is 542 g/mol. The largest absolute Gasteiger partial charge is 0.492 e. The van der Waals surface area contributed by atoms with E-state index in [4.69, 9.17) is 27.9 Å². The van der Waals surface area contributed by atoms with E-state index in [1.807, 2.05) is 69.1 Å². The van der Waals surface area contributed by atoms with Crippen molar-refractivity contribution >= 4 is 40.8 Å².